The first kappa shape index (κ1) is 64.0. The Morgan fingerprint density at radius 2 is 0.800 bits per heavy atom. The van der Waals surface area contributed by atoms with Gasteiger partial charge in [-0.1, -0.05) is 224 Å². The van der Waals surface area contributed by atoms with Gasteiger partial charge in [-0.2, -0.15) is 0 Å². The van der Waals surface area contributed by atoms with E-state index in [0.717, 1.165) is 32.1 Å². The third-order valence-electron chi connectivity index (χ3n) is 12.5. The van der Waals surface area contributed by atoms with Crippen molar-refractivity contribution in [2.45, 2.75) is 277 Å². The summed E-state index contributed by atoms with van der Waals surface area (Å²) in [5.74, 6) is -0.334. The number of rotatable bonds is 53. The van der Waals surface area contributed by atoms with E-state index in [1.54, 1.807) is 0 Å². The second-order valence-electron chi connectivity index (χ2n) is 20.3. The number of allylic oxidation sites excluding steroid dienone is 4. The van der Waals surface area contributed by atoms with Gasteiger partial charge in [-0.25, -0.2) is 0 Å². The molecule has 0 saturated heterocycles. The van der Waals surface area contributed by atoms with Gasteiger partial charge in [0.25, 0.3) is 7.82 Å². The van der Waals surface area contributed by atoms with Crippen LogP contribution in [-0.4, -0.2) is 70.7 Å². The highest BCUT2D eigenvalue weighted by Crippen LogP contribution is 2.38. The summed E-state index contributed by atoms with van der Waals surface area (Å²) in [7, 11) is 1.37. The number of carbonyl (C=O) groups excluding carboxylic acids is 1. The van der Waals surface area contributed by atoms with Crippen molar-refractivity contribution in [3.8, 4) is 0 Å². The van der Waals surface area contributed by atoms with Gasteiger partial charge < -0.3 is 27.9 Å². The standard InChI is InChI=1S/C56H110NO7P/c1-6-8-10-12-14-16-18-20-22-24-25-26-27-28-29-30-31-32-34-36-38-40-42-44-46-48-51-61-53-55(54-63-65(59,60)62-52-50-57(3,4)5)64-56(58)49-47-45-43-41-39-37-35-33-23-21-19-17-15-13-11-9-7-2/h21,23-25,55H,6-20,22,26-54H2,1-5H3/b23-21-,25-24-. The van der Waals surface area contributed by atoms with E-state index < -0.39 is 13.9 Å². The van der Waals surface area contributed by atoms with Crippen molar-refractivity contribution >= 4 is 13.8 Å². The number of ether oxygens (including phenoxy) is 2. The van der Waals surface area contributed by atoms with E-state index in [-0.39, 0.29) is 25.8 Å². The maximum absolute atomic E-state index is 12.8. The Kier molecular flexibility index (Phi) is 48.6. The van der Waals surface area contributed by atoms with E-state index in [1.165, 1.54) is 218 Å². The maximum Gasteiger partial charge on any atom is 0.306 e. The average molecular weight is 940 g/mol. The number of phosphoric ester groups is 1. The Morgan fingerprint density at radius 1 is 0.462 bits per heavy atom. The summed E-state index contributed by atoms with van der Waals surface area (Å²) in [6.45, 7) is 5.46. The van der Waals surface area contributed by atoms with Crippen LogP contribution in [0.5, 0.6) is 0 Å². The largest absolute Gasteiger partial charge is 0.756 e. The zero-order chi connectivity index (χ0) is 47.6. The molecule has 0 fully saturated rings. The van der Waals surface area contributed by atoms with Crippen LogP contribution < -0.4 is 4.89 Å². The molecular weight excluding hydrogens is 830 g/mol. The van der Waals surface area contributed by atoms with Crippen LogP contribution in [0.1, 0.15) is 271 Å². The third-order valence-corrected chi connectivity index (χ3v) is 13.4. The molecule has 0 aromatic heterocycles. The molecule has 0 aliphatic carbocycles. The molecule has 0 saturated carbocycles. The lowest BCUT2D eigenvalue weighted by atomic mass is 10.0. The van der Waals surface area contributed by atoms with E-state index in [4.69, 9.17) is 18.5 Å². The fourth-order valence-corrected chi connectivity index (χ4v) is 8.86. The molecule has 0 aromatic carbocycles. The first-order valence-corrected chi connectivity index (χ1v) is 29.5. The van der Waals surface area contributed by atoms with Crippen LogP contribution in [0.25, 0.3) is 0 Å². The summed E-state index contributed by atoms with van der Waals surface area (Å²) in [6, 6.07) is 0. The van der Waals surface area contributed by atoms with Gasteiger partial charge in [-0.3, -0.25) is 9.36 Å². The molecule has 0 aliphatic rings. The van der Waals surface area contributed by atoms with Gasteiger partial charge in [0.2, 0.25) is 0 Å². The smallest absolute Gasteiger partial charge is 0.306 e. The zero-order valence-electron chi connectivity index (χ0n) is 44.0. The molecule has 0 spiro atoms. The maximum atomic E-state index is 12.8. The number of unbranched alkanes of at least 4 members (excludes halogenated alkanes) is 35. The Labute approximate surface area is 404 Å². The molecular formula is C56H110NO7P. The van der Waals surface area contributed by atoms with Gasteiger partial charge in [0, 0.05) is 13.0 Å². The molecule has 65 heavy (non-hydrogen) atoms. The molecule has 0 N–H and O–H groups in total. The minimum absolute atomic E-state index is 0.0274. The molecule has 8 nitrogen and oxygen atoms in total. The number of phosphoric acid groups is 1. The third kappa shape index (κ3) is 53.8. The van der Waals surface area contributed by atoms with Crippen LogP contribution >= 0.6 is 7.82 Å². The summed E-state index contributed by atoms with van der Waals surface area (Å²) in [4.78, 5) is 25.2. The Hall–Kier alpha value is -1.02. The number of quaternary nitrogens is 1. The minimum Gasteiger partial charge on any atom is -0.756 e. The summed E-state index contributed by atoms with van der Waals surface area (Å²) < 4.78 is 34.8. The highest BCUT2D eigenvalue weighted by molar-refractivity contribution is 7.45. The second-order valence-corrected chi connectivity index (χ2v) is 21.7. The molecule has 0 aliphatic heterocycles. The lowest BCUT2D eigenvalue weighted by Gasteiger charge is -2.28. The molecule has 0 aromatic rings. The number of hydrogen-bond acceptors (Lipinski definition) is 7. The van der Waals surface area contributed by atoms with Gasteiger partial charge >= 0.3 is 5.97 Å². The molecule has 0 rings (SSSR count). The highest BCUT2D eigenvalue weighted by atomic mass is 31.2. The van der Waals surface area contributed by atoms with Gasteiger partial charge in [-0.05, 0) is 64.2 Å². The second kappa shape index (κ2) is 49.4. The minimum atomic E-state index is -4.53. The van der Waals surface area contributed by atoms with E-state index in [9.17, 15) is 14.3 Å². The van der Waals surface area contributed by atoms with Crippen LogP contribution in [0.3, 0.4) is 0 Å². The summed E-state index contributed by atoms with van der Waals surface area (Å²) in [6.07, 6.45) is 59.3. The molecule has 0 bridgehead atoms. The van der Waals surface area contributed by atoms with E-state index in [0.29, 0.717) is 24.1 Å². The van der Waals surface area contributed by atoms with Crippen molar-refractivity contribution in [1.29, 1.82) is 0 Å². The average Bonchev–Trinajstić information content (AvgIpc) is 3.27. The molecule has 386 valence electrons. The van der Waals surface area contributed by atoms with Crippen LogP contribution in [0, 0.1) is 0 Å². The van der Waals surface area contributed by atoms with Crippen molar-refractivity contribution < 1.29 is 37.3 Å². The van der Waals surface area contributed by atoms with Crippen LogP contribution in [0.15, 0.2) is 24.3 Å². The number of likely N-dealkylation sites (N-methyl/N-ethyl adjacent to an activating group) is 1. The number of hydrogen-bond donors (Lipinski definition) is 0. The van der Waals surface area contributed by atoms with Gasteiger partial charge in [0.1, 0.15) is 19.3 Å². The number of nitrogens with zero attached hydrogens (tertiary/aromatic N) is 1. The molecule has 0 radical (unpaired) electrons. The fraction of sp³-hybridized carbons (Fsp3) is 0.911. The Bertz CT molecular complexity index is 1090. The molecule has 2 atom stereocenters. The van der Waals surface area contributed by atoms with Crippen LogP contribution in [0.4, 0.5) is 0 Å². The van der Waals surface area contributed by atoms with Crippen molar-refractivity contribution in [3.05, 3.63) is 24.3 Å². The highest BCUT2D eigenvalue weighted by Gasteiger charge is 2.20. The van der Waals surface area contributed by atoms with Crippen molar-refractivity contribution in [1.82, 2.24) is 0 Å². The topological polar surface area (TPSA) is 94.1 Å². The molecule has 0 amide bonds. The quantitative estimate of drug-likeness (QED) is 0.0197. The molecule has 2 unspecified atom stereocenters. The van der Waals surface area contributed by atoms with Gasteiger partial charge in [0.05, 0.1) is 34.4 Å². The van der Waals surface area contributed by atoms with Gasteiger partial charge in [0.15, 0.2) is 0 Å². The van der Waals surface area contributed by atoms with Crippen LogP contribution in [-0.2, 0) is 27.9 Å². The lowest BCUT2D eigenvalue weighted by Crippen LogP contribution is -2.37. The predicted octanol–water partition coefficient (Wildman–Crippen LogP) is 16.9. The van der Waals surface area contributed by atoms with Crippen molar-refractivity contribution in [2.75, 3.05) is 54.1 Å². The summed E-state index contributed by atoms with van der Waals surface area (Å²) >= 11 is 0. The fourth-order valence-electron chi connectivity index (χ4n) is 8.13. The van der Waals surface area contributed by atoms with E-state index in [2.05, 4.69) is 38.2 Å². The Balaban J connectivity index is 4.03. The lowest BCUT2D eigenvalue weighted by molar-refractivity contribution is -0.870. The number of esters is 1. The summed E-state index contributed by atoms with van der Waals surface area (Å²) in [5, 5.41) is 0. The molecule has 0 heterocycles. The SMILES string of the molecule is CCCCCCCC/C=C\CCCCCCCCCC(=O)OC(COCCCCCCCCCCCCCCCC/C=C\CCCCCCCCCC)COP(=O)([O-])OCC[N+](C)(C)C. The molecule has 9 heteroatoms. The monoisotopic (exact) mass is 940 g/mol. The van der Waals surface area contributed by atoms with Crippen molar-refractivity contribution in [3.63, 3.8) is 0 Å². The summed E-state index contributed by atoms with van der Waals surface area (Å²) in [5.41, 5.74) is 0. The first-order chi connectivity index (χ1) is 31.6. The van der Waals surface area contributed by atoms with E-state index in [1.807, 2.05) is 21.1 Å². The van der Waals surface area contributed by atoms with Gasteiger partial charge in [-0.15, -0.1) is 0 Å². The van der Waals surface area contributed by atoms with E-state index >= 15 is 0 Å². The predicted molar refractivity (Wildman–Crippen MR) is 277 cm³/mol. The van der Waals surface area contributed by atoms with Crippen LogP contribution in [0.2, 0.25) is 0 Å². The normalized spacial score (nSPS) is 13.6. The first-order valence-electron chi connectivity index (χ1n) is 28.1. The number of carbonyl (C=O) groups is 1. The van der Waals surface area contributed by atoms with Crippen molar-refractivity contribution in [2.24, 2.45) is 0 Å². The Morgan fingerprint density at radius 3 is 1.17 bits per heavy atom. The zero-order valence-corrected chi connectivity index (χ0v) is 44.9.